The van der Waals surface area contributed by atoms with Gasteiger partial charge >= 0.3 is 0 Å². The van der Waals surface area contributed by atoms with Gasteiger partial charge in [0.05, 0.1) is 12.2 Å². The fourth-order valence-corrected chi connectivity index (χ4v) is 2.64. The maximum atomic E-state index is 5.92. The van der Waals surface area contributed by atoms with Crippen LogP contribution in [0.4, 0.5) is 0 Å². The number of halogens is 1. The van der Waals surface area contributed by atoms with Crippen molar-refractivity contribution < 1.29 is 4.74 Å². The van der Waals surface area contributed by atoms with Crippen molar-refractivity contribution in [2.75, 3.05) is 32.1 Å². The van der Waals surface area contributed by atoms with Gasteiger partial charge < -0.3 is 9.64 Å². The number of ether oxygens (including phenoxy) is 1. The molecule has 1 aromatic carbocycles. The summed E-state index contributed by atoms with van der Waals surface area (Å²) in [5.74, 6) is 7.72. The van der Waals surface area contributed by atoms with Crippen molar-refractivity contribution in [1.82, 2.24) is 4.90 Å². The Bertz CT molecular complexity index is 498. The molecule has 114 valence electrons. The fourth-order valence-electron chi connectivity index (χ4n) is 2.55. The van der Waals surface area contributed by atoms with Crippen molar-refractivity contribution in [2.45, 2.75) is 32.6 Å². The molecule has 1 saturated heterocycles. The Hall–Kier alpha value is -1.17. The average molecular weight is 306 g/mol. The van der Waals surface area contributed by atoms with Gasteiger partial charge in [-0.3, -0.25) is 0 Å². The van der Waals surface area contributed by atoms with Crippen LogP contribution in [-0.2, 0) is 0 Å². The summed E-state index contributed by atoms with van der Waals surface area (Å²) in [4.78, 5) is 2.51. The van der Waals surface area contributed by atoms with Gasteiger partial charge in [-0.05, 0) is 57.0 Å². The van der Waals surface area contributed by atoms with Crippen LogP contribution in [0.25, 0.3) is 0 Å². The molecule has 0 radical (unpaired) electrons. The van der Waals surface area contributed by atoms with Crippen LogP contribution in [-0.4, -0.2) is 37.0 Å². The van der Waals surface area contributed by atoms with Gasteiger partial charge in [-0.2, -0.15) is 0 Å². The van der Waals surface area contributed by atoms with Gasteiger partial charge in [0.1, 0.15) is 5.75 Å². The van der Waals surface area contributed by atoms with E-state index in [1.807, 2.05) is 6.07 Å². The third-order valence-electron chi connectivity index (χ3n) is 3.65. The van der Waals surface area contributed by atoms with Crippen LogP contribution in [0.3, 0.4) is 0 Å². The standard InChI is InChI=1S/C18H24ClNO/c1-16-8-9-18(17(15-16)7-2-3-10-19)21-14-6-13-20-11-4-5-12-20/h8-9,15H,3-6,10-14H2,1H3. The van der Waals surface area contributed by atoms with E-state index in [1.165, 1.54) is 31.5 Å². The highest BCUT2D eigenvalue weighted by atomic mass is 35.5. The fraction of sp³-hybridized carbons (Fsp3) is 0.556. The van der Waals surface area contributed by atoms with Crippen LogP contribution < -0.4 is 4.74 Å². The van der Waals surface area contributed by atoms with E-state index in [0.717, 1.165) is 30.9 Å². The topological polar surface area (TPSA) is 12.5 Å². The molecule has 1 heterocycles. The smallest absolute Gasteiger partial charge is 0.134 e. The molecule has 21 heavy (non-hydrogen) atoms. The minimum atomic E-state index is 0.574. The first-order valence-corrected chi connectivity index (χ1v) is 8.33. The molecule has 2 rings (SSSR count). The molecule has 0 atom stereocenters. The Balaban J connectivity index is 1.85. The third kappa shape index (κ3) is 5.61. The summed E-state index contributed by atoms with van der Waals surface area (Å²) >= 11 is 5.67. The molecule has 1 aromatic rings. The molecule has 0 amide bonds. The number of likely N-dealkylation sites (tertiary alicyclic amines) is 1. The molecule has 0 aliphatic carbocycles. The van der Waals surface area contributed by atoms with Gasteiger partial charge in [0.15, 0.2) is 0 Å². The second-order valence-corrected chi connectivity index (χ2v) is 5.87. The zero-order chi connectivity index (χ0) is 14.9. The summed E-state index contributed by atoms with van der Waals surface area (Å²) < 4.78 is 5.92. The van der Waals surface area contributed by atoms with Gasteiger partial charge in [-0.15, -0.1) is 11.6 Å². The van der Waals surface area contributed by atoms with Crippen molar-refractivity contribution in [1.29, 1.82) is 0 Å². The lowest BCUT2D eigenvalue weighted by Gasteiger charge is -2.15. The van der Waals surface area contributed by atoms with E-state index in [4.69, 9.17) is 16.3 Å². The summed E-state index contributed by atoms with van der Waals surface area (Å²) in [6.45, 7) is 6.46. The summed E-state index contributed by atoms with van der Waals surface area (Å²) in [6, 6.07) is 6.18. The van der Waals surface area contributed by atoms with E-state index in [0.29, 0.717) is 12.3 Å². The molecule has 0 N–H and O–H groups in total. The van der Waals surface area contributed by atoms with Gasteiger partial charge in [-0.25, -0.2) is 0 Å². The van der Waals surface area contributed by atoms with E-state index in [9.17, 15) is 0 Å². The van der Waals surface area contributed by atoms with Crippen LogP contribution >= 0.6 is 11.6 Å². The van der Waals surface area contributed by atoms with Crippen LogP contribution in [0.2, 0.25) is 0 Å². The Morgan fingerprint density at radius 2 is 2.10 bits per heavy atom. The van der Waals surface area contributed by atoms with Crippen molar-refractivity contribution in [3.63, 3.8) is 0 Å². The Kier molecular flexibility index (Phi) is 6.92. The molecule has 0 aromatic heterocycles. The largest absolute Gasteiger partial charge is 0.492 e. The van der Waals surface area contributed by atoms with Gasteiger partial charge in [0, 0.05) is 18.8 Å². The monoisotopic (exact) mass is 305 g/mol. The zero-order valence-corrected chi connectivity index (χ0v) is 13.6. The lowest BCUT2D eigenvalue weighted by Crippen LogP contribution is -2.21. The summed E-state index contributed by atoms with van der Waals surface area (Å²) in [5, 5.41) is 0. The number of aryl methyl sites for hydroxylation is 1. The molecule has 1 aliphatic rings. The first kappa shape index (κ1) is 16.2. The average Bonchev–Trinajstić information content (AvgIpc) is 2.99. The molecular formula is C18H24ClNO. The first-order chi connectivity index (χ1) is 10.3. The maximum Gasteiger partial charge on any atom is 0.134 e. The number of hydrogen-bond acceptors (Lipinski definition) is 2. The highest BCUT2D eigenvalue weighted by Crippen LogP contribution is 2.19. The number of alkyl halides is 1. The first-order valence-electron chi connectivity index (χ1n) is 7.80. The van der Waals surface area contributed by atoms with Crippen molar-refractivity contribution in [2.24, 2.45) is 0 Å². The van der Waals surface area contributed by atoms with E-state index < -0.39 is 0 Å². The van der Waals surface area contributed by atoms with E-state index in [-0.39, 0.29) is 0 Å². The summed E-state index contributed by atoms with van der Waals surface area (Å²) in [6.07, 6.45) is 4.48. The second-order valence-electron chi connectivity index (χ2n) is 5.49. The second kappa shape index (κ2) is 8.97. The van der Waals surface area contributed by atoms with Crippen LogP contribution in [0.15, 0.2) is 18.2 Å². The van der Waals surface area contributed by atoms with Crippen LogP contribution in [0.1, 0.15) is 36.8 Å². The summed E-state index contributed by atoms with van der Waals surface area (Å²) in [7, 11) is 0. The van der Waals surface area contributed by atoms with Gasteiger partial charge in [-0.1, -0.05) is 17.9 Å². The minimum absolute atomic E-state index is 0.574. The number of nitrogens with zero attached hydrogens (tertiary/aromatic N) is 1. The highest BCUT2D eigenvalue weighted by Gasteiger charge is 2.10. The zero-order valence-electron chi connectivity index (χ0n) is 12.8. The number of rotatable bonds is 6. The molecule has 1 fully saturated rings. The molecule has 0 spiro atoms. The van der Waals surface area contributed by atoms with E-state index in [2.05, 4.69) is 35.8 Å². The Labute approximate surface area is 133 Å². The van der Waals surface area contributed by atoms with Gasteiger partial charge in [0.2, 0.25) is 0 Å². The Morgan fingerprint density at radius 1 is 1.29 bits per heavy atom. The van der Waals surface area contributed by atoms with Crippen molar-refractivity contribution in [3.8, 4) is 17.6 Å². The predicted molar refractivity (Wildman–Crippen MR) is 89.2 cm³/mol. The molecule has 0 bridgehead atoms. The lowest BCUT2D eigenvalue weighted by molar-refractivity contribution is 0.263. The minimum Gasteiger partial charge on any atom is -0.492 e. The maximum absolute atomic E-state index is 5.92. The van der Waals surface area contributed by atoms with Crippen molar-refractivity contribution in [3.05, 3.63) is 29.3 Å². The number of benzene rings is 1. The molecule has 1 aliphatic heterocycles. The highest BCUT2D eigenvalue weighted by molar-refractivity contribution is 6.18. The van der Waals surface area contributed by atoms with Crippen molar-refractivity contribution >= 4 is 11.6 Å². The van der Waals surface area contributed by atoms with E-state index in [1.54, 1.807) is 0 Å². The summed E-state index contributed by atoms with van der Waals surface area (Å²) in [5.41, 5.74) is 2.18. The molecular weight excluding hydrogens is 282 g/mol. The molecule has 0 saturated carbocycles. The quantitative estimate of drug-likeness (QED) is 0.450. The van der Waals surface area contributed by atoms with Gasteiger partial charge in [0.25, 0.3) is 0 Å². The molecule has 3 heteroatoms. The van der Waals surface area contributed by atoms with E-state index >= 15 is 0 Å². The Morgan fingerprint density at radius 3 is 2.86 bits per heavy atom. The third-order valence-corrected chi connectivity index (χ3v) is 3.84. The normalized spacial score (nSPS) is 14.8. The predicted octanol–water partition coefficient (Wildman–Crippen LogP) is 3.84. The molecule has 0 unspecified atom stereocenters. The SMILES string of the molecule is Cc1ccc(OCCCN2CCCC2)c(C#CCCCl)c1. The number of hydrogen-bond donors (Lipinski definition) is 0. The van der Waals surface area contributed by atoms with Crippen LogP contribution in [0, 0.1) is 18.8 Å². The lowest BCUT2D eigenvalue weighted by atomic mass is 10.1. The molecule has 2 nitrogen and oxygen atoms in total. The van der Waals surface area contributed by atoms with Crippen LogP contribution in [0.5, 0.6) is 5.75 Å².